The van der Waals surface area contributed by atoms with E-state index in [2.05, 4.69) is 5.32 Å². The van der Waals surface area contributed by atoms with Crippen molar-refractivity contribution in [2.75, 3.05) is 12.4 Å². The Balaban J connectivity index is 2.21. The predicted octanol–water partition coefficient (Wildman–Crippen LogP) is 3.51. The van der Waals surface area contributed by atoms with E-state index in [0.717, 1.165) is 11.3 Å². The first-order valence-corrected chi connectivity index (χ1v) is 8.47. The Morgan fingerprint density at radius 1 is 1.32 bits per heavy atom. The number of nitriles is 1. The van der Waals surface area contributed by atoms with Gasteiger partial charge in [0.05, 0.1) is 12.7 Å². The number of ether oxygens (including phenoxy) is 2. The van der Waals surface area contributed by atoms with Crippen LogP contribution in [0.2, 0.25) is 0 Å². The zero-order valence-corrected chi connectivity index (χ0v) is 15.0. The molecule has 1 N–H and O–H groups in total. The minimum absolute atomic E-state index is 0.258. The fourth-order valence-corrected chi connectivity index (χ4v) is 3.28. The molecule has 6 nitrogen and oxygen atoms in total. The van der Waals surface area contributed by atoms with Gasteiger partial charge in [-0.15, -0.1) is 11.3 Å². The highest BCUT2D eigenvalue weighted by atomic mass is 32.1. The first-order chi connectivity index (χ1) is 12.0. The maximum Gasteiger partial charge on any atom is 0.348 e. The van der Waals surface area contributed by atoms with E-state index in [1.54, 1.807) is 19.1 Å². The highest BCUT2D eigenvalue weighted by Gasteiger charge is 2.25. The van der Waals surface area contributed by atoms with Gasteiger partial charge in [-0.1, -0.05) is 25.1 Å². The van der Waals surface area contributed by atoms with Crippen molar-refractivity contribution in [2.45, 2.75) is 26.4 Å². The van der Waals surface area contributed by atoms with E-state index in [0.29, 0.717) is 27.6 Å². The Hall–Kier alpha value is -2.85. The molecule has 0 aliphatic carbocycles. The van der Waals surface area contributed by atoms with Gasteiger partial charge in [-0.3, -0.25) is 4.79 Å². The average Bonchev–Trinajstić information content (AvgIpc) is 2.94. The Bertz CT molecular complexity index is 808. The minimum atomic E-state index is -0.710. The van der Waals surface area contributed by atoms with Gasteiger partial charge >= 0.3 is 5.97 Å². The van der Waals surface area contributed by atoms with Crippen molar-refractivity contribution in [2.24, 2.45) is 0 Å². The van der Waals surface area contributed by atoms with Crippen LogP contribution in [0.25, 0.3) is 0 Å². The number of thiophene rings is 1. The Morgan fingerprint density at radius 2 is 2.00 bits per heavy atom. The van der Waals surface area contributed by atoms with Crippen LogP contribution in [0.5, 0.6) is 5.75 Å². The van der Waals surface area contributed by atoms with Crippen LogP contribution in [0, 0.1) is 18.3 Å². The second-order valence-electron chi connectivity index (χ2n) is 5.18. The third-order valence-corrected chi connectivity index (χ3v) is 4.74. The highest BCUT2D eigenvalue weighted by Crippen LogP contribution is 2.33. The molecule has 0 bridgehead atoms. The summed E-state index contributed by atoms with van der Waals surface area (Å²) < 4.78 is 10.4. The van der Waals surface area contributed by atoms with E-state index < -0.39 is 12.1 Å². The monoisotopic (exact) mass is 358 g/mol. The van der Waals surface area contributed by atoms with E-state index in [4.69, 9.17) is 9.47 Å². The largest absolute Gasteiger partial charge is 0.481 e. The van der Waals surface area contributed by atoms with Crippen LogP contribution < -0.4 is 10.1 Å². The van der Waals surface area contributed by atoms with Crippen molar-refractivity contribution < 1.29 is 19.1 Å². The zero-order valence-electron chi connectivity index (χ0n) is 14.2. The van der Waals surface area contributed by atoms with Gasteiger partial charge in [0.2, 0.25) is 0 Å². The molecule has 0 aliphatic rings. The number of carbonyl (C=O) groups excluding carboxylic acids is 2. The SMILES string of the molecule is CC[C@H](Oc1ccccc1)C(=O)Nc1sc(C(=O)OC)c(C)c1C#N. The number of amides is 1. The molecule has 0 fully saturated rings. The van der Waals surface area contributed by atoms with Crippen LogP contribution in [0.15, 0.2) is 30.3 Å². The van der Waals surface area contributed by atoms with Gasteiger partial charge < -0.3 is 14.8 Å². The van der Waals surface area contributed by atoms with Crippen molar-refractivity contribution >= 4 is 28.2 Å². The van der Waals surface area contributed by atoms with E-state index in [-0.39, 0.29) is 11.5 Å². The number of carbonyl (C=O) groups is 2. The molecule has 130 valence electrons. The summed E-state index contributed by atoms with van der Waals surface area (Å²) in [6.07, 6.45) is -0.255. The fraction of sp³-hybridized carbons (Fsp3) is 0.278. The van der Waals surface area contributed by atoms with E-state index in [1.807, 2.05) is 31.2 Å². The standard InChI is InChI=1S/C18H18N2O4S/c1-4-14(24-12-8-6-5-7-9-12)16(21)20-17-13(10-19)11(2)15(25-17)18(22)23-3/h5-9,14H,4H2,1-3H3,(H,20,21)/t14-/m0/s1. The summed E-state index contributed by atoms with van der Waals surface area (Å²) in [7, 11) is 1.27. The Morgan fingerprint density at radius 3 is 2.56 bits per heavy atom. The summed E-state index contributed by atoms with van der Waals surface area (Å²) in [6.45, 7) is 3.48. The molecule has 1 amide bonds. The fourth-order valence-electron chi connectivity index (χ4n) is 2.20. The van der Waals surface area contributed by atoms with Crippen molar-refractivity contribution in [3.8, 4) is 11.8 Å². The average molecular weight is 358 g/mol. The molecular weight excluding hydrogens is 340 g/mol. The molecule has 1 heterocycles. The van der Waals surface area contributed by atoms with Crippen molar-refractivity contribution in [3.05, 3.63) is 46.3 Å². The van der Waals surface area contributed by atoms with Crippen LogP contribution in [0.4, 0.5) is 5.00 Å². The molecule has 0 unspecified atom stereocenters. The number of nitrogens with zero attached hydrogens (tertiary/aromatic N) is 1. The van der Waals surface area contributed by atoms with Gasteiger partial charge in [-0.2, -0.15) is 5.26 Å². The van der Waals surface area contributed by atoms with Crippen LogP contribution in [0.1, 0.15) is 34.1 Å². The second-order valence-corrected chi connectivity index (χ2v) is 6.20. The van der Waals surface area contributed by atoms with E-state index in [1.165, 1.54) is 7.11 Å². The number of rotatable bonds is 6. The van der Waals surface area contributed by atoms with Crippen molar-refractivity contribution in [1.29, 1.82) is 5.26 Å². The molecule has 1 atom stereocenters. The number of hydrogen-bond acceptors (Lipinski definition) is 6. The number of methoxy groups -OCH3 is 1. The van der Waals surface area contributed by atoms with Gasteiger partial charge in [0, 0.05) is 0 Å². The summed E-state index contributed by atoms with van der Waals surface area (Å²) in [4.78, 5) is 24.6. The molecule has 2 rings (SSSR count). The first kappa shape index (κ1) is 18.5. The number of anilines is 1. The quantitative estimate of drug-likeness (QED) is 0.798. The molecule has 0 spiro atoms. The molecule has 0 radical (unpaired) electrons. The van der Waals surface area contributed by atoms with Gasteiger partial charge in [-0.25, -0.2) is 4.79 Å². The lowest BCUT2D eigenvalue weighted by molar-refractivity contribution is -0.122. The molecule has 0 aliphatic heterocycles. The van der Waals surface area contributed by atoms with Gasteiger partial charge in [0.25, 0.3) is 5.91 Å². The van der Waals surface area contributed by atoms with E-state index >= 15 is 0 Å². The lowest BCUT2D eigenvalue weighted by atomic mass is 10.1. The maximum absolute atomic E-state index is 12.5. The molecule has 0 saturated heterocycles. The molecule has 2 aromatic rings. The van der Waals surface area contributed by atoms with Crippen LogP contribution in [0.3, 0.4) is 0 Å². The normalized spacial score (nSPS) is 11.3. The second kappa shape index (κ2) is 8.31. The van der Waals surface area contributed by atoms with Crippen molar-refractivity contribution in [1.82, 2.24) is 0 Å². The van der Waals surface area contributed by atoms with Gasteiger partial charge in [-0.05, 0) is 31.0 Å². The molecule has 1 aromatic carbocycles. The number of benzene rings is 1. The molecule has 0 saturated carbocycles. The van der Waals surface area contributed by atoms with Crippen molar-refractivity contribution in [3.63, 3.8) is 0 Å². The smallest absolute Gasteiger partial charge is 0.348 e. The third kappa shape index (κ3) is 4.17. The zero-order chi connectivity index (χ0) is 18.4. The summed E-state index contributed by atoms with van der Waals surface area (Å²) in [5.41, 5.74) is 0.750. The number of hydrogen-bond donors (Lipinski definition) is 1. The molecule has 7 heteroatoms. The summed E-state index contributed by atoms with van der Waals surface area (Å²) in [5.74, 6) is -0.324. The van der Waals surface area contributed by atoms with Gasteiger partial charge in [0.15, 0.2) is 6.10 Å². The summed E-state index contributed by atoms with van der Waals surface area (Å²) in [5, 5.41) is 12.4. The summed E-state index contributed by atoms with van der Waals surface area (Å²) in [6, 6.07) is 11.0. The number of para-hydroxylation sites is 1. The Kier molecular flexibility index (Phi) is 6.14. The lowest BCUT2D eigenvalue weighted by Crippen LogP contribution is -2.32. The Labute approximate surface area is 150 Å². The number of nitrogens with one attached hydrogen (secondary N) is 1. The van der Waals surface area contributed by atoms with Crippen LogP contribution in [-0.4, -0.2) is 25.1 Å². The number of esters is 1. The molecule has 1 aromatic heterocycles. The summed E-state index contributed by atoms with van der Waals surface area (Å²) >= 11 is 1.02. The predicted molar refractivity (Wildman–Crippen MR) is 94.9 cm³/mol. The van der Waals surface area contributed by atoms with E-state index in [9.17, 15) is 14.9 Å². The highest BCUT2D eigenvalue weighted by molar-refractivity contribution is 7.18. The minimum Gasteiger partial charge on any atom is -0.481 e. The topological polar surface area (TPSA) is 88.4 Å². The van der Waals surface area contributed by atoms with Crippen LogP contribution in [-0.2, 0) is 9.53 Å². The lowest BCUT2D eigenvalue weighted by Gasteiger charge is -2.16. The van der Waals surface area contributed by atoms with Gasteiger partial charge in [0.1, 0.15) is 21.7 Å². The first-order valence-electron chi connectivity index (χ1n) is 7.66. The van der Waals surface area contributed by atoms with Crippen LogP contribution >= 0.6 is 11.3 Å². The molecule has 25 heavy (non-hydrogen) atoms. The maximum atomic E-state index is 12.5. The third-order valence-electron chi connectivity index (χ3n) is 3.55. The molecular formula is C18H18N2O4S.